The molecule has 0 bridgehead atoms. The van der Waals surface area contributed by atoms with Gasteiger partial charge in [0.05, 0.1) is 0 Å². The molecule has 0 N–H and O–H groups in total. The molecule has 0 unspecified atom stereocenters. The molecule has 0 radical (unpaired) electrons. The first-order valence-electron chi connectivity index (χ1n) is 4.64. The molecule has 0 amide bonds. The van der Waals surface area contributed by atoms with Gasteiger partial charge in [-0.25, -0.2) is 0 Å². The molecule has 0 aliphatic heterocycles. The van der Waals surface area contributed by atoms with Crippen LogP contribution in [0.1, 0.15) is 0 Å². The second-order valence-corrected chi connectivity index (χ2v) is 6.86. The maximum absolute atomic E-state index is 12.8. The van der Waals surface area contributed by atoms with E-state index in [4.69, 9.17) is 34.8 Å². The van der Waals surface area contributed by atoms with Gasteiger partial charge in [-0.2, -0.15) is 0 Å². The first-order valence-corrected chi connectivity index (χ1v) is 7.49. The van der Waals surface area contributed by atoms with Crippen molar-refractivity contribution in [2.24, 2.45) is 0 Å². The normalized spacial score (nSPS) is 10.6. The minimum atomic E-state index is -0.239. The molecule has 17 heavy (non-hydrogen) atoms. The van der Waals surface area contributed by atoms with Crippen molar-refractivity contribution in [2.75, 3.05) is 0 Å². The third kappa shape index (κ3) is 3.37. The second kappa shape index (κ2) is 5.60. The van der Waals surface area contributed by atoms with Crippen LogP contribution < -0.4 is 8.92 Å². The standard InChI is InChI=1S/C12H6Cl3FSe/c13-10-5-9(6-11(14)12(10)15)17-8-3-1-7(16)2-4-8/h1-6H. The Morgan fingerprint density at radius 3 is 1.88 bits per heavy atom. The average Bonchev–Trinajstić information content (AvgIpc) is 2.29. The predicted octanol–water partition coefficient (Wildman–Crippen LogP) is 3.44. The van der Waals surface area contributed by atoms with Gasteiger partial charge in [-0.05, 0) is 0 Å². The summed E-state index contributed by atoms with van der Waals surface area (Å²) in [4.78, 5) is 0. The molecule has 2 aromatic carbocycles. The van der Waals surface area contributed by atoms with Crippen LogP contribution in [0, 0.1) is 5.82 Å². The van der Waals surface area contributed by atoms with Gasteiger partial charge in [-0.15, -0.1) is 0 Å². The van der Waals surface area contributed by atoms with E-state index in [1.165, 1.54) is 12.1 Å². The van der Waals surface area contributed by atoms with Crippen LogP contribution in [0.5, 0.6) is 0 Å². The molecule has 0 fully saturated rings. The fourth-order valence-corrected chi connectivity index (χ4v) is 4.00. The zero-order chi connectivity index (χ0) is 12.4. The molecule has 0 heterocycles. The zero-order valence-electron chi connectivity index (χ0n) is 8.38. The van der Waals surface area contributed by atoms with Gasteiger partial charge in [-0.3, -0.25) is 0 Å². The summed E-state index contributed by atoms with van der Waals surface area (Å²) in [5, 5.41) is 1.25. The number of hydrogen-bond acceptors (Lipinski definition) is 0. The molecule has 0 aliphatic carbocycles. The van der Waals surface area contributed by atoms with Crippen molar-refractivity contribution in [1.82, 2.24) is 0 Å². The Bertz CT molecular complexity index is 517. The predicted molar refractivity (Wildman–Crippen MR) is 72.9 cm³/mol. The molecule has 2 aromatic rings. The van der Waals surface area contributed by atoms with Crippen molar-refractivity contribution >= 4 is 58.7 Å². The Kier molecular flexibility index (Phi) is 4.35. The molecular formula is C12H6Cl3FSe. The second-order valence-electron chi connectivity index (χ2n) is 3.26. The summed E-state index contributed by atoms with van der Waals surface area (Å²) in [7, 11) is 0. The van der Waals surface area contributed by atoms with Crippen molar-refractivity contribution in [1.29, 1.82) is 0 Å². The van der Waals surface area contributed by atoms with E-state index in [1.807, 2.05) is 0 Å². The van der Waals surface area contributed by atoms with E-state index in [1.54, 1.807) is 24.3 Å². The summed E-state index contributed by atoms with van der Waals surface area (Å²) in [5.41, 5.74) is 0. The van der Waals surface area contributed by atoms with Gasteiger partial charge in [0.1, 0.15) is 0 Å². The van der Waals surface area contributed by atoms with Crippen molar-refractivity contribution in [2.45, 2.75) is 0 Å². The van der Waals surface area contributed by atoms with Gasteiger partial charge in [0.15, 0.2) is 0 Å². The monoisotopic (exact) mass is 354 g/mol. The maximum atomic E-state index is 12.8. The van der Waals surface area contributed by atoms with Crippen molar-refractivity contribution in [3.8, 4) is 0 Å². The van der Waals surface area contributed by atoms with Crippen LogP contribution >= 0.6 is 34.8 Å². The minimum absolute atomic E-state index is 0.0333. The molecule has 88 valence electrons. The van der Waals surface area contributed by atoms with Crippen molar-refractivity contribution in [3.05, 3.63) is 57.3 Å². The van der Waals surface area contributed by atoms with Crippen LogP contribution in [0.4, 0.5) is 4.39 Å². The fraction of sp³-hybridized carbons (Fsp3) is 0. The SMILES string of the molecule is Fc1ccc([Se]c2cc(Cl)c(Cl)c(Cl)c2)cc1. The molecular weight excluding hydrogens is 348 g/mol. The summed E-state index contributed by atoms with van der Waals surface area (Å²) in [6, 6.07) is 9.97. The van der Waals surface area contributed by atoms with Crippen LogP contribution in [0.2, 0.25) is 15.1 Å². The van der Waals surface area contributed by atoms with E-state index < -0.39 is 0 Å². The first-order chi connectivity index (χ1) is 8.06. The molecule has 2 rings (SSSR count). The molecule has 0 nitrogen and oxygen atoms in total. The Morgan fingerprint density at radius 1 is 0.824 bits per heavy atom. The third-order valence-electron chi connectivity index (χ3n) is 2.01. The van der Waals surface area contributed by atoms with Gasteiger partial charge in [-0.1, -0.05) is 0 Å². The zero-order valence-corrected chi connectivity index (χ0v) is 12.4. The van der Waals surface area contributed by atoms with E-state index in [-0.39, 0.29) is 20.8 Å². The first kappa shape index (κ1) is 13.2. The van der Waals surface area contributed by atoms with Crippen molar-refractivity contribution in [3.63, 3.8) is 0 Å². The molecule has 0 spiro atoms. The van der Waals surface area contributed by atoms with Crippen molar-refractivity contribution < 1.29 is 4.39 Å². The van der Waals surface area contributed by atoms with E-state index >= 15 is 0 Å². The van der Waals surface area contributed by atoms with Gasteiger partial charge >= 0.3 is 120 Å². The number of halogens is 4. The molecule has 0 atom stereocenters. The number of benzene rings is 2. The summed E-state index contributed by atoms with van der Waals surface area (Å²) < 4.78 is 14.8. The average molecular weight is 354 g/mol. The molecule has 0 aromatic heterocycles. The number of rotatable bonds is 2. The quantitative estimate of drug-likeness (QED) is 0.572. The van der Waals surface area contributed by atoms with Gasteiger partial charge in [0.25, 0.3) is 0 Å². The summed E-state index contributed by atoms with van der Waals surface area (Å²) >= 11 is 17.8. The van der Waals surface area contributed by atoms with E-state index in [2.05, 4.69) is 0 Å². The fourth-order valence-electron chi connectivity index (χ4n) is 1.23. The van der Waals surface area contributed by atoms with Gasteiger partial charge in [0, 0.05) is 0 Å². The van der Waals surface area contributed by atoms with Gasteiger partial charge in [0.2, 0.25) is 0 Å². The molecule has 0 saturated carbocycles. The Labute approximate surface area is 120 Å². The van der Waals surface area contributed by atoms with E-state index in [0.717, 1.165) is 8.92 Å². The Morgan fingerprint density at radius 2 is 1.35 bits per heavy atom. The van der Waals surface area contributed by atoms with Crippen LogP contribution in [0.15, 0.2) is 36.4 Å². The third-order valence-corrected chi connectivity index (χ3v) is 5.26. The number of hydrogen-bond donors (Lipinski definition) is 0. The van der Waals surface area contributed by atoms with Crippen LogP contribution in [-0.2, 0) is 0 Å². The van der Waals surface area contributed by atoms with Crippen LogP contribution in [-0.4, -0.2) is 15.0 Å². The summed E-state index contributed by atoms with van der Waals surface area (Å²) in [6.07, 6.45) is 0. The Hall–Kier alpha value is -0.241. The van der Waals surface area contributed by atoms with E-state index in [9.17, 15) is 4.39 Å². The van der Waals surface area contributed by atoms with E-state index in [0.29, 0.717) is 15.1 Å². The van der Waals surface area contributed by atoms with Gasteiger partial charge < -0.3 is 0 Å². The van der Waals surface area contributed by atoms with Crippen LogP contribution in [0.25, 0.3) is 0 Å². The molecule has 0 aliphatic rings. The molecule has 0 saturated heterocycles. The Balaban J connectivity index is 2.27. The summed E-state index contributed by atoms with van der Waals surface area (Å²) in [6.45, 7) is 0. The molecule has 5 heteroatoms. The summed E-state index contributed by atoms with van der Waals surface area (Å²) in [5.74, 6) is -0.239. The van der Waals surface area contributed by atoms with Crippen LogP contribution in [0.3, 0.4) is 0 Å². The topological polar surface area (TPSA) is 0 Å².